The van der Waals surface area contributed by atoms with Gasteiger partial charge < -0.3 is 19.5 Å². The Labute approximate surface area is 158 Å². The second kappa shape index (κ2) is 9.77. The summed E-state index contributed by atoms with van der Waals surface area (Å²) in [4.78, 5) is 13.4. The van der Waals surface area contributed by atoms with E-state index in [-0.39, 0.29) is 11.2 Å². The molecule has 2 aromatic carbocycles. The highest BCUT2D eigenvalue weighted by atomic mass is 32.2. The van der Waals surface area contributed by atoms with Gasteiger partial charge in [-0.1, -0.05) is 18.7 Å². The van der Waals surface area contributed by atoms with Gasteiger partial charge in [0.1, 0.15) is 12.4 Å². The molecule has 0 radical (unpaired) electrons. The standard InChI is InChI=1S/C20H23NO4S/c1-5-11-25-16-8-6-7-15(12-16)21-20(22)14(2)26-17-9-10-18(23-3)19(13-17)24-4/h5-10,12-14H,1,11H2,2-4H3,(H,21,22). The van der Waals surface area contributed by atoms with E-state index in [1.54, 1.807) is 26.4 Å². The van der Waals surface area contributed by atoms with Gasteiger partial charge >= 0.3 is 0 Å². The van der Waals surface area contributed by atoms with Gasteiger partial charge in [-0.15, -0.1) is 11.8 Å². The van der Waals surface area contributed by atoms with Gasteiger partial charge in [-0.3, -0.25) is 4.79 Å². The van der Waals surface area contributed by atoms with E-state index >= 15 is 0 Å². The van der Waals surface area contributed by atoms with Crippen LogP contribution in [-0.2, 0) is 4.79 Å². The van der Waals surface area contributed by atoms with E-state index in [2.05, 4.69) is 11.9 Å². The van der Waals surface area contributed by atoms with Crippen molar-refractivity contribution in [1.29, 1.82) is 0 Å². The zero-order valence-corrected chi connectivity index (χ0v) is 16.0. The predicted molar refractivity (Wildman–Crippen MR) is 106 cm³/mol. The van der Waals surface area contributed by atoms with Crippen LogP contribution in [0.5, 0.6) is 17.2 Å². The first-order valence-electron chi connectivity index (χ1n) is 8.10. The molecule has 0 spiro atoms. The lowest BCUT2D eigenvalue weighted by molar-refractivity contribution is -0.115. The monoisotopic (exact) mass is 373 g/mol. The summed E-state index contributed by atoms with van der Waals surface area (Å²) >= 11 is 1.45. The van der Waals surface area contributed by atoms with E-state index in [1.165, 1.54) is 11.8 Å². The van der Waals surface area contributed by atoms with Gasteiger partial charge in [0.05, 0.1) is 19.5 Å². The molecule has 0 aliphatic heterocycles. The SMILES string of the molecule is C=CCOc1cccc(NC(=O)C(C)Sc2ccc(OC)c(OC)c2)c1. The van der Waals surface area contributed by atoms with Crippen molar-refractivity contribution in [1.82, 2.24) is 0 Å². The number of rotatable bonds is 9. The van der Waals surface area contributed by atoms with Gasteiger partial charge in [0.15, 0.2) is 11.5 Å². The minimum Gasteiger partial charge on any atom is -0.493 e. The summed E-state index contributed by atoms with van der Waals surface area (Å²) < 4.78 is 16.0. The molecule has 0 aliphatic rings. The van der Waals surface area contributed by atoms with Gasteiger partial charge in [0.25, 0.3) is 0 Å². The minimum atomic E-state index is -0.286. The fourth-order valence-electron chi connectivity index (χ4n) is 2.21. The molecule has 2 rings (SSSR count). The summed E-state index contributed by atoms with van der Waals surface area (Å²) in [5, 5.41) is 2.62. The van der Waals surface area contributed by atoms with E-state index in [0.717, 1.165) is 4.90 Å². The van der Waals surface area contributed by atoms with Crippen molar-refractivity contribution in [3.63, 3.8) is 0 Å². The van der Waals surface area contributed by atoms with E-state index in [1.807, 2.05) is 43.3 Å². The molecule has 2 aromatic rings. The topological polar surface area (TPSA) is 56.8 Å². The maximum atomic E-state index is 12.5. The number of benzene rings is 2. The predicted octanol–water partition coefficient (Wildman–Crippen LogP) is 4.39. The van der Waals surface area contributed by atoms with Crippen molar-refractivity contribution in [3.05, 3.63) is 55.1 Å². The lowest BCUT2D eigenvalue weighted by Crippen LogP contribution is -2.22. The number of ether oxygens (including phenoxy) is 3. The Balaban J connectivity index is 2.00. The molecule has 1 unspecified atom stereocenters. The number of hydrogen-bond donors (Lipinski definition) is 1. The molecule has 138 valence electrons. The fraction of sp³-hybridized carbons (Fsp3) is 0.250. The van der Waals surface area contributed by atoms with Crippen molar-refractivity contribution in [2.45, 2.75) is 17.1 Å². The largest absolute Gasteiger partial charge is 0.493 e. The number of amides is 1. The Morgan fingerprint density at radius 1 is 1.19 bits per heavy atom. The molecular weight excluding hydrogens is 350 g/mol. The lowest BCUT2D eigenvalue weighted by Gasteiger charge is -2.14. The third-order valence-corrected chi connectivity index (χ3v) is 4.60. The Kier molecular flexibility index (Phi) is 7.41. The van der Waals surface area contributed by atoms with Gasteiger partial charge in [-0.2, -0.15) is 0 Å². The van der Waals surface area contributed by atoms with Crippen LogP contribution in [0.2, 0.25) is 0 Å². The molecule has 0 saturated heterocycles. The summed E-state index contributed by atoms with van der Waals surface area (Å²) in [5.74, 6) is 1.89. The molecular formula is C20H23NO4S. The lowest BCUT2D eigenvalue weighted by atomic mass is 10.3. The number of anilines is 1. The zero-order chi connectivity index (χ0) is 18.9. The number of hydrogen-bond acceptors (Lipinski definition) is 5. The Morgan fingerprint density at radius 3 is 2.65 bits per heavy atom. The van der Waals surface area contributed by atoms with Crippen LogP contribution in [0.4, 0.5) is 5.69 Å². The van der Waals surface area contributed by atoms with Gasteiger partial charge in [0, 0.05) is 16.6 Å². The Morgan fingerprint density at radius 2 is 1.96 bits per heavy atom. The average molecular weight is 373 g/mol. The Bertz CT molecular complexity index is 763. The van der Waals surface area contributed by atoms with Crippen molar-refractivity contribution in [2.75, 3.05) is 26.1 Å². The molecule has 0 fully saturated rings. The number of carbonyl (C=O) groups is 1. The highest BCUT2D eigenvalue weighted by Gasteiger charge is 2.16. The van der Waals surface area contributed by atoms with Gasteiger partial charge in [0.2, 0.25) is 5.91 Å². The van der Waals surface area contributed by atoms with Crippen LogP contribution in [0.1, 0.15) is 6.92 Å². The molecule has 26 heavy (non-hydrogen) atoms. The van der Waals surface area contributed by atoms with Crippen LogP contribution in [0.15, 0.2) is 60.0 Å². The maximum Gasteiger partial charge on any atom is 0.237 e. The summed E-state index contributed by atoms with van der Waals surface area (Å²) in [5.41, 5.74) is 0.691. The number of carbonyl (C=O) groups excluding carboxylic acids is 1. The zero-order valence-electron chi connectivity index (χ0n) is 15.2. The average Bonchev–Trinajstić information content (AvgIpc) is 2.66. The van der Waals surface area contributed by atoms with Crippen molar-refractivity contribution in [3.8, 4) is 17.2 Å². The highest BCUT2D eigenvalue weighted by molar-refractivity contribution is 8.00. The first-order valence-corrected chi connectivity index (χ1v) is 8.98. The summed E-state index contributed by atoms with van der Waals surface area (Å²) in [7, 11) is 3.18. The summed E-state index contributed by atoms with van der Waals surface area (Å²) in [6.07, 6.45) is 1.67. The van der Waals surface area contributed by atoms with Crippen LogP contribution < -0.4 is 19.5 Å². The first kappa shape index (κ1) is 19.7. The third kappa shape index (κ3) is 5.46. The minimum absolute atomic E-state index is 0.0920. The van der Waals surface area contributed by atoms with Crippen LogP contribution in [0, 0.1) is 0 Å². The van der Waals surface area contributed by atoms with Crippen molar-refractivity contribution >= 4 is 23.4 Å². The number of thioether (sulfide) groups is 1. The second-order valence-corrected chi connectivity index (χ2v) is 6.81. The molecule has 1 N–H and O–H groups in total. The first-order chi connectivity index (χ1) is 12.6. The van der Waals surface area contributed by atoms with Gasteiger partial charge in [-0.25, -0.2) is 0 Å². The number of methoxy groups -OCH3 is 2. The fourth-order valence-corrected chi connectivity index (χ4v) is 3.11. The summed E-state index contributed by atoms with van der Waals surface area (Å²) in [6.45, 7) is 5.89. The molecule has 0 saturated carbocycles. The molecule has 0 heterocycles. The molecule has 5 nitrogen and oxygen atoms in total. The van der Waals surface area contributed by atoms with Gasteiger partial charge in [-0.05, 0) is 37.3 Å². The molecule has 0 aliphatic carbocycles. The van der Waals surface area contributed by atoms with E-state index in [9.17, 15) is 4.79 Å². The summed E-state index contributed by atoms with van der Waals surface area (Å²) in [6, 6.07) is 12.9. The molecule has 1 amide bonds. The normalized spacial score (nSPS) is 11.3. The quantitative estimate of drug-likeness (QED) is 0.522. The van der Waals surface area contributed by atoms with E-state index < -0.39 is 0 Å². The Hall–Kier alpha value is -2.60. The van der Waals surface area contributed by atoms with Crippen LogP contribution in [0.25, 0.3) is 0 Å². The highest BCUT2D eigenvalue weighted by Crippen LogP contribution is 2.33. The van der Waals surface area contributed by atoms with Crippen molar-refractivity contribution < 1.29 is 19.0 Å². The second-order valence-electron chi connectivity index (χ2n) is 5.39. The van der Waals surface area contributed by atoms with Crippen LogP contribution in [-0.4, -0.2) is 32.0 Å². The molecule has 6 heteroatoms. The van der Waals surface area contributed by atoms with Crippen molar-refractivity contribution in [2.24, 2.45) is 0 Å². The van der Waals surface area contributed by atoms with Crippen LogP contribution in [0.3, 0.4) is 0 Å². The molecule has 0 aromatic heterocycles. The molecule has 1 atom stereocenters. The van der Waals surface area contributed by atoms with Crippen LogP contribution >= 0.6 is 11.8 Å². The number of nitrogens with one attached hydrogen (secondary N) is 1. The smallest absolute Gasteiger partial charge is 0.237 e. The maximum absolute atomic E-state index is 12.5. The van der Waals surface area contributed by atoms with E-state index in [0.29, 0.717) is 29.5 Å². The third-order valence-electron chi connectivity index (χ3n) is 3.51. The molecule has 0 bridgehead atoms. The van der Waals surface area contributed by atoms with E-state index in [4.69, 9.17) is 14.2 Å².